The van der Waals surface area contributed by atoms with Crippen LogP contribution in [0.5, 0.6) is 0 Å². The van der Waals surface area contributed by atoms with Gasteiger partial charge in [0.1, 0.15) is 4.90 Å². The summed E-state index contributed by atoms with van der Waals surface area (Å²) in [5.41, 5.74) is 4.38. The van der Waals surface area contributed by atoms with Gasteiger partial charge >= 0.3 is 0 Å². The van der Waals surface area contributed by atoms with Gasteiger partial charge in [-0.25, -0.2) is 8.42 Å². The lowest BCUT2D eigenvalue weighted by Gasteiger charge is -2.36. The molecule has 0 saturated carbocycles. The highest BCUT2D eigenvalue weighted by atomic mass is 79.9. The Morgan fingerprint density at radius 2 is 1.69 bits per heavy atom. The highest BCUT2D eigenvalue weighted by Crippen LogP contribution is 2.33. The number of hydrogen-bond donors (Lipinski definition) is 1. The number of hydrogen-bond acceptors (Lipinski definition) is 4. The van der Waals surface area contributed by atoms with E-state index in [-0.39, 0.29) is 46.4 Å². The van der Waals surface area contributed by atoms with Crippen LogP contribution in [0.25, 0.3) is 0 Å². The second-order valence-electron chi connectivity index (χ2n) is 9.87. The molecular weight excluding hydrogens is 621 g/mol. The van der Waals surface area contributed by atoms with Crippen molar-refractivity contribution in [2.24, 2.45) is 0 Å². The van der Waals surface area contributed by atoms with Gasteiger partial charge in [-0.3, -0.25) is 4.79 Å². The fourth-order valence-electron chi connectivity index (χ4n) is 5.16. The number of amides is 1. The molecule has 1 fully saturated rings. The number of carbonyl (C=O) groups is 1. The monoisotopic (exact) mass is 651 g/mol. The number of rotatable bonds is 9. The van der Waals surface area contributed by atoms with Crippen molar-refractivity contribution in [3.8, 4) is 0 Å². The molecule has 1 aliphatic rings. The Morgan fingerprint density at radius 3 is 2.33 bits per heavy atom. The Balaban J connectivity index is 1.47. The highest BCUT2D eigenvalue weighted by molar-refractivity contribution is 9.10. The lowest BCUT2D eigenvalue weighted by Crippen LogP contribution is -2.48. The van der Waals surface area contributed by atoms with E-state index in [9.17, 15) is 13.2 Å². The van der Waals surface area contributed by atoms with Gasteiger partial charge in [-0.05, 0) is 67.6 Å². The number of nitrogens with one attached hydrogen (secondary N) is 1. The molecule has 1 atom stereocenters. The maximum atomic E-state index is 13.7. The van der Waals surface area contributed by atoms with Crippen molar-refractivity contribution >= 4 is 60.7 Å². The predicted molar refractivity (Wildman–Crippen MR) is 162 cm³/mol. The minimum Gasteiger partial charge on any atom is -0.369 e. The SMILES string of the molecule is Cc1cc(Br)cc(C)c1N1CCCC(NC(=O)CCN(Cc2ccccc2)S(=O)(=O)c2c(Cl)cccc2Cl)C1. The lowest BCUT2D eigenvalue weighted by molar-refractivity contribution is -0.122. The molecule has 6 nitrogen and oxygen atoms in total. The highest BCUT2D eigenvalue weighted by Gasteiger charge is 2.30. The van der Waals surface area contributed by atoms with E-state index in [1.165, 1.54) is 33.3 Å². The van der Waals surface area contributed by atoms with Gasteiger partial charge < -0.3 is 10.2 Å². The molecule has 1 unspecified atom stereocenters. The normalized spacial score (nSPS) is 15.9. The van der Waals surface area contributed by atoms with Crippen molar-refractivity contribution in [3.63, 3.8) is 0 Å². The minimum atomic E-state index is -4.07. The average molecular weight is 653 g/mol. The Morgan fingerprint density at radius 1 is 1.05 bits per heavy atom. The largest absolute Gasteiger partial charge is 0.369 e. The molecule has 0 aromatic heterocycles. The Kier molecular flexibility index (Phi) is 9.99. The van der Waals surface area contributed by atoms with Gasteiger partial charge in [-0.2, -0.15) is 4.31 Å². The first-order chi connectivity index (χ1) is 18.6. The number of sulfonamides is 1. The summed E-state index contributed by atoms with van der Waals surface area (Å²) in [5.74, 6) is -0.190. The first-order valence-corrected chi connectivity index (χ1v) is 15.8. The van der Waals surface area contributed by atoms with Crippen LogP contribution < -0.4 is 10.2 Å². The molecule has 208 valence electrons. The van der Waals surface area contributed by atoms with Crippen LogP contribution in [0.1, 0.15) is 36.0 Å². The van der Waals surface area contributed by atoms with Crippen LogP contribution in [0.3, 0.4) is 0 Å². The average Bonchev–Trinajstić information content (AvgIpc) is 2.86. The van der Waals surface area contributed by atoms with Gasteiger partial charge in [-0.1, -0.05) is 75.5 Å². The van der Waals surface area contributed by atoms with Gasteiger partial charge in [0.25, 0.3) is 0 Å². The number of nitrogens with zero attached hydrogens (tertiary/aromatic N) is 2. The fraction of sp³-hybridized carbons (Fsp3) is 0.345. The summed E-state index contributed by atoms with van der Waals surface area (Å²) in [4.78, 5) is 15.3. The molecule has 3 aromatic rings. The summed E-state index contributed by atoms with van der Waals surface area (Å²) in [6.45, 7) is 5.92. The minimum absolute atomic E-state index is 0.00796. The summed E-state index contributed by atoms with van der Waals surface area (Å²) >= 11 is 16.1. The first-order valence-electron chi connectivity index (χ1n) is 12.9. The van der Waals surface area contributed by atoms with E-state index in [1.807, 2.05) is 30.3 Å². The number of anilines is 1. The summed E-state index contributed by atoms with van der Waals surface area (Å²) in [6, 6.07) is 18.0. The predicted octanol–water partition coefficient (Wildman–Crippen LogP) is 6.74. The molecule has 10 heteroatoms. The summed E-state index contributed by atoms with van der Waals surface area (Å²) < 4.78 is 29.7. The number of carbonyl (C=O) groups excluding carboxylic acids is 1. The van der Waals surface area contributed by atoms with Crippen LogP contribution in [0.2, 0.25) is 10.0 Å². The molecule has 1 aliphatic heterocycles. The molecular formula is C29H32BrCl2N3O3S. The van der Waals surface area contributed by atoms with Crippen molar-refractivity contribution in [2.45, 2.75) is 50.6 Å². The third kappa shape index (κ3) is 7.35. The third-order valence-electron chi connectivity index (χ3n) is 6.87. The maximum absolute atomic E-state index is 13.7. The van der Waals surface area contributed by atoms with Crippen LogP contribution in [0.15, 0.2) is 70.0 Å². The zero-order valence-corrected chi connectivity index (χ0v) is 25.9. The molecule has 39 heavy (non-hydrogen) atoms. The second-order valence-corrected chi connectivity index (χ2v) is 13.5. The van der Waals surface area contributed by atoms with Crippen molar-refractivity contribution in [2.75, 3.05) is 24.5 Å². The topological polar surface area (TPSA) is 69.7 Å². The van der Waals surface area contributed by atoms with E-state index in [1.54, 1.807) is 6.07 Å². The van der Waals surface area contributed by atoms with E-state index in [0.717, 1.165) is 29.4 Å². The standard InChI is InChI=1S/C29H32BrCl2N3O3S/c1-20-16-23(30)17-21(2)28(20)34-14-7-10-24(19-34)33-27(36)13-15-35(18-22-8-4-3-5-9-22)39(37,38)29-25(31)11-6-12-26(29)32/h3-6,8-9,11-12,16-17,24H,7,10,13-15,18-19H2,1-2H3,(H,33,36). The Hall–Kier alpha value is -2.10. The van der Waals surface area contributed by atoms with Crippen molar-refractivity contribution in [3.05, 3.63) is 91.9 Å². The molecule has 1 saturated heterocycles. The second kappa shape index (κ2) is 13.0. The fourth-order valence-corrected chi connectivity index (χ4v) is 8.36. The smallest absolute Gasteiger partial charge is 0.246 e. The van der Waals surface area contributed by atoms with E-state index in [4.69, 9.17) is 23.2 Å². The number of piperidine rings is 1. The van der Waals surface area contributed by atoms with Crippen LogP contribution >= 0.6 is 39.1 Å². The molecule has 0 aliphatic carbocycles. The summed E-state index contributed by atoms with van der Waals surface area (Å²) in [5, 5.41) is 3.23. The van der Waals surface area contributed by atoms with Crippen molar-refractivity contribution in [1.82, 2.24) is 9.62 Å². The molecule has 1 N–H and O–H groups in total. The molecule has 1 heterocycles. The zero-order chi connectivity index (χ0) is 28.2. The van der Waals surface area contributed by atoms with E-state index < -0.39 is 10.0 Å². The van der Waals surface area contributed by atoms with Gasteiger partial charge in [-0.15, -0.1) is 0 Å². The van der Waals surface area contributed by atoms with Gasteiger partial charge in [0.15, 0.2) is 0 Å². The zero-order valence-electron chi connectivity index (χ0n) is 22.0. The van der Waals surface area contributed by atoms with Gasteiger partial charge in [0.2, 0.25) is 15.9 Å². The van der Waals surface area contributed by atoms with E-state index >= 15 is 0 Å². The molecule has 0 radical (unpaired) electrons. The van der Waals surface area contributed by atoms with Crippen LogP contribution in [-0.4, -0.2) is 44.3 Å². The first kappa shape index (κ1) is 29.9. The molecule has 4 rings (SSSR count). The van der Waals surface area contributed by atoms with E-state index in [0.29, 0.717) is 6.54 Å². The quantitative estimate of drug-likeness (QED) is 0.278. The number of halogens is 3. The number of benzene rings is 3. The Labute approximate surface area is 249 Å². The lowest BCUT2D eigenvalue weighted by atomic mass is 10.0. The van der Waals surface area contributed by atoms with Crippen molar-refractivity contribution in [1.29, 1.82) is 0 Å². The van der Waals surface area contributed by atoms with Crippen LogP contribution in [0, 0.1) is 13.8 Å². The molecule has 0 spiro atoms. The van der Waals surface area contributed by atoms with Gasteiger partial charge in [0.05, 0.1) is 10.0 Å². The van der Waals surface area contributed by atoms with E-state index in [2.05, 4.69) is 52.1 Å². The number of aryl methyl sites for hydroxylation is 2. The molecule has 3 aromatic carbocycles. The summed E-state index contributed by atoms with van der Waals surface area (Å²) in [6.07, 6.45) is 1.85. The maximum Gasteiger partial charge on any atom is 0.246 e. The van der Waals surface area contributed by atoms with Gasteiger partial charge in [0, 0.05) is 48.8 Å². The molecule has 0 bridgehead atoms. The third-order valence-corrected chi connectivity index (χ3v) is 10.1. The molecule has 1 amide bonds. The van der Waals surface area contributed by atoms with Crippen molar-refractivity contribution < 1.29 is 13.2 Å². The van der Waals surface area contributed by atoms with Crippen LogP contribution in [0.4, 0.5) is 5.69 Å². The Bertz CT molecular complexity index is 1390. The van der Waals surface area contributed by atoms with Crippen LogP contribution in [-0.2, 0) is 21.4 Å². The summed E-state index contributed by atoms with van der Waals surface area (Å²) in [7, 11) is -4.07.